The molecule has 0 aliphatic carbocycles. The number of alkyl halides is 1. The van der Waals surface area contributed by atoms with E-state index in [1.165, 1.54) is 0 Å². The highest BCUT2D eigenvalue weighted by Crippen LogP contribution is 2.16. The van der Waals surface area contributed by atoms with Gasteiger partial charge in [-0.25, -0.2) is 4.39 Å². The summed E-state index contributed by atoms with van der Waals surface area (Å²) in [6.45, 7) is 5.09. The summed E-state index contributed by atoms with van der Waals surface area (Å²) < 4.78 is 11.7. The van der Waals surface area contributed by atoms with E-state index in [1.54, 1.807) is 0 Å². The Kier molecular flexibility index (Phi) is 4.17. The summed E-state index contributed by atoms with van der Waals surface area (Å²) in [5.74, 6) is -0.292. The highest BCUT2D eigenvalue weighted by Gasteiger charge is 2.26. The van der Waals surface area contributed by atoms with Crippen LogP contribution < -0.4 is 11.1 Å². The van der Waals surface area contributed by atoms with E-state index in [2.05, 4.69) is 5.32 Å². The third-order valence-electron chi connectivity index (χ3n) is 1.61. The number of halogens is 1. The van der Waals surface area contributed by atoms with Crippen LogP contribution in [0.15, 0.2) is 0 Å². The van der Waals surface area contributed by atoms with Gasteiger partial charge in [-0.1, -0.05) is 20.8 Å². The normalized spacial score (nSPS) is 14.1. The second kappa shape index (κ2) is 4.40. The summed E-state index contributed by atoms with van der Waals surface area (Å²) in [4.78, 5) is 11.1. The molecule has 72 valence electrons. The summed E-state index contributed by atoms with van der Waals surface area (Å²) in [7, 11) is 0. The first kappa shape index (κ1) is 11.4. The van der Waals surface area contributed by atoms with E-state index in [0.717, 1.165) is 0 Å². The highest BCUT2D eigenvalue weighted by atomic mass is 19.1. The molecule has 1 unspecified atom stereocenters. The maximum atomic E-state index is 11.7. The van der Waals surface area contributed by atoms with E-state index >= 15 is 0 Å². The molecule has 4 heteroatoms. The van der Waals surface area contributed by atoms with Crippen molar-refractivity contribution in [2.24, 2.45) is 11.1 Å². The third-order valence-corrected chi connectivity index (χ3v) is 1.61. The zero-order valence-electron chi connectivity index (χ0n) is 7.86. The quantitative estimate of drug-likeness (QED) is 0.655. The standard InChI is InChI=1S/C8H17FN2O/c1-8(2,3)6(10)7(12)11-5-4-9/h6H,4-5,10H2,1-3H3,(H,11,12). The van der Waals surface area contributed by atoms with Crippen LogP contribution >= 0.6 is 0 Å². The molecule has 0 fully saturated rings. The Morgan fingerprint density at radius 1 is 1.58 bits per heavy atom. The van der Waals surface area contributed by atoms with E-state index in [9.17, 15) is 9.18 Å². The van der Waals surface area contributed by atoms with Gasteiger partial charge < -0.3 is 11.1 Å². The van der Waals surface area contributed by atoms with E-state index in [0.29, 0.717) is 0 Å². The summed E-state index contributed by atoms with van der Waals surface area (Å²) in [5, 5.41) is 2.40. The van der Waals surface area contributed by atoms with Crippen molar-refractivity contribution >= 4 is 5.91 Å². The Hall–Kier alpha value is -0.640. The lowest BCUT2D eigenvalue weighted by Crippen LogP contribution is -2.49. The first-order valence-electron chi connectivity index (χ1n) is 3.99. The van der Waals surface area contributed by atoms with E-state index in [1.807, 2.05) is 20.8 Å². The number of nitrogens with one attached hydrogen (secondary N) is 1. The summed E-state index contributed by atoms with van der Waals surface area (Å²) in [6, 6.07) is -0.580. The third kappa shape index (κ3) is 3.67. The van der Waals surface area contributed by atoms with Crippen LogP contribution in [-0.2, 0) is 4.79 Å². The van der Waals surface area contributed by atoms with Crippen LogP contribution in [0.5, 0.6) is 0 Å². The maximum absolute atomic E-state index is 11.7. The molecule has 3 nitrogen and oxygen atoms in total. The van der Waals surface area contributed by atoms with Gasteiger partial charge in [-0.2, -0.15) is 0 Å². The molecule has 0 saturated heterocycles. The minimum atomic E-state index is -0.580. The molecule has 0 aliphatic heterocycles. The fourth-order valence-corrected chi connectivity index (χ4v) is 0.674. The predicted octanol–water partition coefficient (Wildman–Crippen LogP) is 0.446. The van der Waals surface area contributed by atoms with Crippen molar-refractivity contribution in [2.75, 3.05) is 13.2 Å². The first-order chi connectivity index (χ1) is 5.39. The molecule has 3 N–H and O–H groups in total. The molecule has 0 saturated carbocycles. The molecule has 12 heavy (non-hydrogen) atoms. The lowest BCUT2D eigenvalue weighted by Gasteiger charge is -2.25. The molecule has 0 aromatic heterocycles. The van der Waals surface area contributed by atoms with Crippen molar-refractivity contribution < 1.29 is 9.18 Å². The molecule has 0 spiro atoms. The van der Waals surface area contributed by atoms with Gasteiger partial charge in [0.2, 0.25) is 5.91 Å². The largest absolute Gasteiger partial charge is 0.352 e. The lowest BCUT2D eigenvalue weighted by atomic mass is 9.87. The molecule has 0 heterocycles. The SMILES string of the molecule is CC(C)(C)C(N)C(=O)NCCF. The molecule has 0 bridgehead atoms. The maximum Gasteiger partial charge on any atom is 0.237 e. The second-order valence-electron chi connectivity index (χ2n) is 3.82. The highest BCUT2D eigenvalue weighted by molar-refractivity contribution is 5.82. The molecular weight excluding hydrogens is 159 g/mol. The van der Waals surface area contributed by atoms with E-state index in [-0.39, 0.29) is 17.9 Å². The molecule has 0 radical (unpaired) electrons. The van der Waals surface area contributed by atoms with Gasteiger partial charge in [0.05, 0.1) is 6.04 Å². The smallest absolute Gasteiger partial charge is 0.237 e. The van der Waals surface area contributed by atoms with Crippen LogP contribution in [0.2, 0.25) is 0 Å². The van der Waals surface area contributed by atoms with Gasteiger partial charge in [0.1, 0.15) is 6.67 Å². The number of hydrogen-bond acceptors (Lipinski definition) is 2. The summed E-state index contributed by atoms with van der Waals surface area (Å²) >= 11 is 0. The first-order valence-corrected chi connectivity index (χ1v) is 3.99. The van der Waals surface area contributed by atoms with Crippen LogP contribution in [0.4, 0.5) is 4.39 Å². The van der Waals surface area contributed by atoms with Crippen LogP contribution in [-0.4, -0.2) is 25.2 Å². The summed E-state index contributed by atoms with van der Waals surface area (Å²) in [6.07, 6.45) is 0. The van der Waals surface area contributed by atoms with Gasteiger partial charge in [0.15, 0.2) is 0 Å². The zero-order valence-corrected chi connectivity index (χ0v) is 7.86. The Morgan fingerprint density at radius 2 is 2.08 bits per heavy atom. The molecular formula is C8H17FN2O. The van der Waals surface area contributed by atoms with Crippen molar-refractivity contribution in [2.45, 2.75) is 26.8 Å². The molecule has 0 rings (SSSR count). The monoisotopic (exact) mass is 176 g/mol. The van der Waals surface area contributed by atoms with Crippen molar-refractivity contribution in [3.8, 4) is 0 Å². The number of rotatable bonds is 3. The number of amides is 1. The van der Waals surface area contributed by atoms with Gasteiger partial charge in [-0.15, -0.1) is 0 Å². The number of hydrogen-bond donors (Lipinski definition) is 2. The van der Waals surface area contributed by atoms with E-state index < -0.39 is 12.7 Å². The molecule has 0 aromatic carbocycles. The van der Waals surface area contributed by atoms with E-state index in [4.69, 9.17) is 5.73 Å². The molecule has 0 aliphatic rings. The average Bonchev–Trinajstić information content (AvgIpc) is 1.97. The van der Waals surface area contributed by atoms with Crippen molar-refractivity contribution in [1.29, 1.82) is 0 Å². The van der Waals surface area contributed by atoms with Crippen LogP contribution in [0.25, 0.3) is 0 Å². The molecule has 0 aromatic rings. The Morgan fingerprint density at radius 3 is 2.42 bits per heavy atom. The zero-order chi connectivity index (χ0) is 9.78. The van der Waals surface area contributed by atoms with Gasteiger partial charge in [-0.3, -0.25) is 4.79 Å². The number of nitrogens with two attached hydrogens (primary N) is 1. The van der Waals surface area contributed by atoms with Crippen molar-refractivity contribution in [1.82, 2.24) is 5.32 Å². The van der Waals surface area contributed by atoms with Crippen LogP contribution in [0.1, 0.15) is 20.8 Å². The Bertz CT molecular complexity index is 154. The minimum Gasteiger partial charge on any atom is -0.352 e. The second-order valence-corrected chi connectivity index (χ2v) is 3.82. The molecule has 1 amide bonds. The average molecular weight is 176 g/mol. The summed E-state index contributed by atoms with van der Waals surface area (Å²) in [5.41, 5.74) is 5.32. The Labute approximate surface area is 72.5 Å². The van der Waals surface area contributed by atoms with Gasteiger partial charge in [0, 0.05) is 6.54 Å². The fourth-order valence-electron chi connectivity index (χ4n) is 0.674. The number of carbonyl (C=O) groups excluding carboxylic acids is 1. The van der Waals surface area contributed by atoms with Crippen LogP contribution in [0, 0.1) is 5.41 Å². The lowest BCUT2D eigenvalue weighted by molar-refractivity contribution is -0.124. The number of carbonyl (C=O) groups is 1. The van der Waals surface area contributed by atoms with Gasteiger partial charge >= 0.3 is 0 Å². The fraction of sp³-hybridized carbons (Fsp3) is 0.875. The van der Waals surface area contributed by atoms with Crippen molar-refractivity contribution in [3.63, 3.8) is 0 Å². The topological polar surface area (TPSA) is 55.1 Å². The predicted molar refractivity (Wildman–Crippen MR) is 46.4 cm³/mol. The van der Waals surface area contributed by atoms with Gasteiger partial charge in [-0.05, 0) is 5.41 Å². The van der Waals surface area contributed by atoms with Crippen LogP contribution in [0.3, 0.4) is 0 Å². The Balaban J connectivity index is 3.94. The minimum absolute atomic E-state index is 0.0443. The van der Waals surface area contributed by atoms with Gasteiger partial charge in [0.25, 0.3) is 0 Å². The molecule has 1 atom stereocenters. The van der Waals surface area contributed by atoms with Crippen molar-refractivity contribution in [3.05, 3.63) is 0 Å².